The summed E-state index contributed by atoms with van der Waals surface area (Å²) in [6.07, 6.45) is 0. The number of nitro benzene ring substituents is 1. The van der Waals surface area contributed by atoms with Crippen LogP contribution < -0.4 is 5.32 Å². The van der Waals surface area contributed by atoms with Gasteiger partial charge in [0, 0.05) is 31.1 Å². The number of rotatable bonds is 4. The van der Waals surface area contributed by atoms with Crippen LogP contribution in [0.1, 0.15) is 5.56 Å². The van der Waals surface area contributed by atoms with Crippen molar-refractivity contribution in [1.29, 1.82) is 0 Å². The lowest BCUT2D eigenvalue weighted by molar-refractivity contribution is -0.383. The van der Waals surface area contributed by atoms with Crippen LogP contribution in [0.2, 0.25) is 0 Å². The first-order valence-electron chi connectivity index (χ1n) is 8.57. The molecule has 1 aliphatic heterocycles. The van der Waals surface area contributed by atoms with Crippen LogP contribution in [0.4, 0.5) is 5.69 Å². The molecule has 0 aliphatic carbocycles. The lowest BCUT2D eigenvalue weighted by atomic mass is 10.1. The van der Waals surface area contributed by atoms with Crippen LogP contribution in [0.25, 0.3) is 22.2 Å². The summed E-state index contributed by atoms with van der Waals surface area (Å²) in [5, 5.41) is 15.4. The Kier molecular flexibility index (Phi) is 4.67. The van der Waals surface area contributed by atoms with E-state index in [1.165, 1.54) is 0 Å². The van der Waals surface area contributed by atoms with E-state index in [-0.39, 0.29) is 16.5 Å². The fourth-order valence-electron chi connectivity index (χ4n) is 3.38. The molecule has 2 N–H and O–H groups in total. The van der Waals surface area contributed by atoms with Crippen molar-refractivity contribution >= 4 is 38.4 Å². The minimum absolute atomic E-state index is 0.00195. The minimum atomic E-state index is -0.386. The minimum Gasteiger partial charge on any atom is -0.348 e. The number of carbonyl (C=O) groups is 1. The molecule has 1 amide bonds. The van der Waals surface area contributed by atoms with E-state index in [4.69, 9.17) is 0 Å². The third-order valence-electron chi connectivity index (χ3n) is 4.70. The molecule has 0 atom stereocenters. The fraction of sp³-hybridized carbons (Fsp3) is 0.211. The number of hydrogen-bond donors (Lipinski definition) is 2. The Morgan fingerprint density at radius 2 is 2.00 bits per heavy atom. The van der Waals surface area contributed by atoms with Gasteiger partial charge in [0.25, 0.3) is 5.69 Å². The molecule has 0 radical (unpaired) electrons. The summed E-state index contributed by atoms with van der Waals surface area (Å²) in [6.45, 7) is 1.97. The molecule has 1 aliphatic rings. The number of hydrogen-bond acceptors (Lipinski definition) is 4. The quantitative estimate of drug-likeness (QED) is 0.491. The molecule has 1 fully saturated rings. The van der Waals surface area contributed by atoms with E-state index in [2.05, 4.69) is 26.2 Å². The fourth-order valence-corrected chi connectivity index (χ4v) is 4.02. The van der Waals surface area contributed by atoms with Gasteiger partial charge in [-0.15, -0.1) is 0 Å². The number of aromatic nitrogens is 1. The zero-order chi connectivity index (χ0) is 19.0. The predicted molar refractivity (Wildman–Crippen MR) is 106 cm³/mol. The van der Waals surface area contributed by atoms with Crippen LogP contribution in [-0.2, 0) is 11.3 Å². The second-order valence-electron chi connectivity index (χ2n) is 6.47. The third-order valence-corrected chi connectivity index (χ3v) is 5.53. The van der Waals surface area contributed by atoms with Crippen molar-refractivity contribution in [3.63, 3.8) is 0 Å². The Morgan fingerprint density at radius 1 is 1.22 bits per heavy atom. The number of non-ortho nitro benzene ring substituents is 1. The number of fused-ring (bicyclic) bond motifs is 1. The van der Waals surface area contributed by atoms with Crippen molar-refractivity contribution in [3.05, 3.63) is 62.6 Å². The Balaban J connectivity index is 1.82. The van der Waals surface area contributed by atoms with E-state index < -0.39 is 0 Å². The van der Waals surface area contributed by atoms with E-state index in [9.17, 15) is 14.9 Å². The van der Waals surface area contributed by atoms with Crippen molar-refractivity contribution in [2.45, 2.75) is 6.54 Å². The van der Waals surface area contributed by atoms with Gasteiger partial charge in [-0.05, 0) is 33.1 Å². The van der Waals surface area contributed by atoms with Crippen LogP contribution in [0.15, 0.2) is 46.9 Å². The van der Waals surface area contributed by atoms with Gasteiger partial charge in [-0.3, -0.25) is 14.9 Å². The van der Waals surface area contributed by atoms with Crippen LogP contribution in [0.5, 0.6) is 0 Å². The molecule has 2 heterocycles. The van der Waals surface area contributed by atoms with Gasteiger partial charge in [0.2, 0.25) is 5.91 Å². The summed E-state index contributed by atoms with van der Waals surface area (Å²) >= 11 is 3.60. The van der Waals surface area contributed by atoms with Crippen molar-refractivity contribution < 1.29 is 9.72 Å². The second-order valence-corrected chi connectivity index (χ2v) is 7.26. The zero-order valence-electron chi connectivity index (χ0n) is 14.4. The van der Waals surface area contributed by atoms with Crippen LogP contribution in [0.3, 0.4) is 0 Å². The van der Waals surface area contributed by atoms with Gasteiger partial charge >= 0.3 is 0 Å². The number of halogens is 1. The molecule has 4 rings (SSSR count). The molecule has 0 unspecified atom stereocenters. The van der Waals surface area contributed by atoms with E-state index >= 15 is 0 Å². The van der Waals surface area contributed by atoms with Crippen molar-refractivity contribution in [1.82, 2.24) is 15.2 Å². The highest BCUT2D eigenvalue weighted by Gasteiger charge is 2.23. The maximum absolute atomic E-state index is 12.1. The number of aromatic amines is 1. The molecule has 8 heteroatoms. The summed E-state index contributed by atoms with van der Waals surface area (Å²) in [5.41, 5.74) is 2.95. The lowest BCUT2D eigenvalue weighted by Crippen LogP contribution is -2.47. The van der Waals surface area contributed by atoms with E-state index in [0.29, 0.717) is 25.2 Å². The van der Waals surface area contributed by atoms with Gasteiger partial charge in [0.05, 0.1) is 21.6 Å². The van der Waals surface area contributed by atoms with Gasteiger partial charge in [-0.2, -0.15) is 0 Å². The highest BCUT2D eigenvalue weighted by atomic mass is 79.9. The molecule has 2 aromatic carbocycles. The van der Waals surface area contributed by atoms with Gasteiger partial charge in [0.1, 0.15) is 5.52 Å². The van der Waals surface area contributed by atoms with E-state index in [1.54, 1.807) is 11.0 Å². The Morgan fingerprint density at radius 3 is 2.70 bits per heavy atom. The van der Waals surface area contributed by atoms with Gasteiger partial charge in [-0.1, -0.05) is 30.3 Å². The first-order valence-corrected chi connectivity index (χ1v) is 9.36. The number of H-pyrrole nitrogens is 1. The molecule has 3 aromatic rings. The highest BCUT2D eigenvalue weighted by Crippen LogP contribution is 2.39. The molecule has 1 aromatic heterocycles. The van der Waals surface area contributed by atoms with Crippen molar-refractivity contribution in [2.75, 3.05) is 19.6 Å². The molecule has 138 valence electrons. The maximum atomic E-state index is 12.1. The van der Waals surface area contributed by atoms with Gasteiger partial charge in [-0.25, -0.2) is 0 Å². The zero-order valence-corrected chi connectivity index (χ0v) is 16.0. The molecule has 1 saturated heterocycles. The molecule has 7 nitrogen and oxygen atoms in total. The number of nitrogens with one attached hydrogen (secondary N) is 2. The van der Waals surface area contributed by atoms with Crippen LogP contribution >= 0.6 is 15.9 Å². The molecular weight excluding hydrogens is 412 g/mol. The van der Waals surface area contributed by atoms with E-state index in [0.717, 1.165) is 33.2 Å². The number of amides is 1. The molecule has 0 saturated carbocycles. The molecule has 0 bridgehead atoms. The smallest absolute Gasteiger partial charge is 0.293 e. The summed E-state index contributed by atoms with van der Waals surface area (Å²) in [4.78, 5) is 28.2. The van der Waals surface area contributed by atoms with Crippen LogP contribution in [-0.4, -0.2) is 40.3 Å². The van der Waals surface area contributed by atoms with Crippen molar-refractivity contribution in [3.8, 4) is 11.3 Å². The summed E-state index contributed by atoms with van der Waals surface area (Å²) < 4.78 is 0.778. The summed E-state index contributed by atoms with van der Waals surface area (Å²) in [7, 11) is 0. The lowest BCUT2D eigenvalue weighted by Gasteiger charge is -2.27. The second kappa shape index (κ2) is 7.13. The predicted octanol–water partition coefficient (Wildman–Crippen LogP) is 3.44. The van der Waals surface area contributed by atoms with Gasteiger partial charge < -0.3 is 15.2 Å². The summed E-state index contributed by atoms with van der Waals surface area (Å²) in [5.74, 6) is 0.00195. The first-order chi connectivity index (χ1) is 13.0. The average molecular weight is 429 g/mol. The largest absolute Gasteiger partial charge is 0.348 e. The number of benzene rings is 2. The van der Waals surface area contributed by atoms with Gasteiger partial charge in [0.15, 0.2) is 0 Å². The summed E-state index contributed by atoms with van der Waals surface area (Å²) in [6, 6.07) is 13.1. The molecule has 0 spiro atoms. The Hall–Kier alpha value is -2.71. The topological polar surface area (TPSA) is 91.3 Å². The average Bonchev–Trinajstić information content (AvgIpc) is 3.00. The SMILES string of the molecule is O=C1CNCCN1Cc1cc([N+](=O)[O-])c2[nH]c(-c3ccccc3)c(Br)c2c1. The standard InChI is InChI=1S/C19H17BrN4O3/c20-17-14-8-12(11-23-7-6-21-10-16(23)25)9-15(24(26)27)19(14)22-18(17)13-4-2-1-3-5-13/h1-5,8-9,21-22H,6-7,10-11H2. The maximum Gasteiger partial charge on any atom is 0.293 e. The highest BCUT2D eigenvalue weighted by molar-refractivity contribution is 9.10. The Bertz CT molecular complexity index is 1030. The van der Waals surface area contributed by atoms with Crippen molar-refractivity contribution in [2.24, 2.45) is 0 Å². The monoisotopic (exact) mass is 428 g/mol. The number of carbonyl (C=O) groups excluding carboxylic acids is 1. The first kappa shape index (κ1) is 17.7. The Labute approximate surface area is 163 Å². The molecular formula is C19H17BrN4O3. The number of nitrogens with zero attached hydrogens (tertiary/aromatic N) is 2. The molecule has 27 heavy (non-hydrogen) atoms. The third kappa shape index (κ3) is 3.33. The van der Waals surface area contributed by atoms with E-state index in [1.807, 2.05) is 36.4 Å². The number of nitro groups is 1. The number of piperazine rings is 1. The van der Waals surface area contributed by atoms with Crippen LogP contribution in [0, 0.1) is 10.1 Å². The normalized spacial score (nSPS) is 14.7.